The fourth-order valence-corrected chi connectivity index (χ4v) is 5.40. The van der Waals surface area contributed by atoms with Gasteiger partial charge in [-0.1, -0.05) is 24.2 Å². The van der Waals surface area contributed by atoms with Crippen molar-refractivity contribution in [3.05, 3.63) is 75.5 Å². The smallest absolute Gasteiger partial charge is 0.226 e. The van der Waals surface area contributed by atoms with Gasteiger partial charge in [-0.2, -0.15) is 9.97 Å². The van der Waals surface area contributed by atoms with E-state index >= 15 is 0 Å². The minimum atomic E-state index is -1.26. The van der Waals surface area contributed by atoms with Crippen LogP contribution in [0.15, 0.2) is 53.7 Å². The van der Waals surface area contributed by atoms with E-state index in [1.807, 2.05) is 42.9 Å². The third-order valence-electron chi connectivity index (χ3n) is 6.93. The second-order valence-corrected chi connectivity index (χ2v) is 11.2. The molecule has 4 atom stereocenters. The molecule has 13 nitrogen and oxygen atoms in total. The van der Waals surface area contributed by atoms with Gasteiger partial charge >= 0.3 is 0 Å². The number of anilines is 2. The van der Waals surface area contributed by atoms with Crippen LogP contribution in [0.2, 0.25) is 0 Å². The lowest BCUT2D eigenvalue weighted by Gasteiger charge is -2.17. The first-order valence-corrected chi connectivity index (χ1v) is 14.4. The molecule has 5 heterocycles. The Labute approximate surface area is 249 Å². The van der Waals surface area contributed by atoms with E-state index in [-0.39, 0.29) is 0 Å². The van der Waals surface area contributed by atoms with Crippen LogP contribution in [0, 0.1) is 3.57 Å². The number of aromatic nitrogens is 7. The highest BCUT2D eigenvalue weighted by Gasteiger charge is 2.47. The molecule has 0 saturated carbocycles. The fourth-order valence-electron chi connectivity index (χ4n) is 4.79. The Hall–Kier alpha value is -3.60. The third kappa shape index (κ3) is 5.77. The summed E-state index contributed by atoms with van der Waals surface area (Å²) >= 11 is 2.28. The number of rotatable bonds is 10. The second kappa shape index (κ2) is 11.7. The first-order valence-electron chi connectivity index (χ1n) is 13.3. The van der Waals surface area contributed by atoms with Crippen LogP contribution in [0.1, 0.15) is 42.0 Å². The Morgan fingerprint density at radius 3 is 2.68 bits per heavy atom. The molecule has 1 unspecified atom stereocenters. The van der Waals surface area contributed by atoms with Gasteiger partial charge in [0.15, 0.2) is 29.0 Å². The first-order chi connectivity index (χ1) is 19.9. The van der Waals surface area contributed by atoms with Crippen LogP contribution >= 0.6 is 22.6 Å². The molecule has 5 aromatic rings. The molecule has 4 N–H and O–H groups in total. The van der Waals surface area contributed by atoms with Gasteiger partial charge in [0.2, 0.25) is 5.95 Å². The third-order valence-corrected chi connectivity index (χ3v) is 7.60. The number of fused-ring (bicyclic) bond motifs is 1. The number of halogens is 1. The van der Waals surface area contributed by atoms with Crippen LogP contribution in [0.5, 0.6) is 0 Å². The number of imidazole rings is 2. The molecule has 0 amide bonds. The molecule has 1 aromatic carbocycles. The summed E-state index contributed by atoms with van der Waals surface area (Å²) < 4.78 is 16.2. The fraction of sp³-hybridized carbons (Fsp3) is 0.370. The van der Waals surface area contributed by atoms with Gasteiger partial charge in [-0.15, -0.1) is 0 Å². The Morgan fingerprint density at radius 2 is 1.93 bits per heavy atom. The van der Waals surface area contributed by atoms with E-state index in [1.54, 1.807) is 17.0 Å². The van der Waals surface area contributed by atoms with Gasteiger partial charge < -0.3 is 34.7 Å². The molecule has 4 aromatic heterocycles. The van der Waals surface area contributed by atoms with Gasteiger partial charge in [-0.3, -0.25) is 4.57 Å². The summed E-state index contributed by atoms with van der Waals surface area (Å²) in [5, 5.41) is 32.5. The van der Waals surface area contributed by atoms with Crippen molar-refractivity contribution in [2.24, 2.45) is 7.05 Å². The standard InChI is InChI=1S/C27H30IN9O4/c1-3-17-10-19(41-35-17)23-21(38)22(39)26(40-23)37-14-32-20-24(30-11-15-5-4-6-16(28)9-15)33-27(34-25(20)37)29-8-7-18-12-36(2)13-31-18/h4-6,9-10,12-14,21-23,26,38-39H,3,7-8,11H2,1-2H3,(H2,29,30,33,34)/t21-,22+,23?,26+/m0/s1. The molecule has 0 bridgehead atoms. The van der Waals surface area contributed by atoms with E-state index in [2.05, 4.69) is 54.4 Å². The first kappa shape index (κ1) is 27.6. The Bertz CT molecular complexity index is 1650. The largest absolute Gasteiger partial charge is 0.387 e. The van der Waals surface area contributed by atoms with Crippen molar-refractivity contribution in [2.45, 2.75) is 50.8 Å². The van der Waals surface area contributed by atoms with Crippen LogP contribution in [0.4, 0.5) is 11.8 Å². The number of aliphatic hydroxyl groups excluding tert-OH is 2. The van der Waals surface area contributed by atoms with E-state index in [4.69, 9.17) is 19.2 Å². The molecular weight excluding hydrogens is 641 g/mol. The zero-order valence-electron chi connectivity index (χ0n) is 22.5. The van der Waals surface area contributed by atoms with Crippen molar-refractivity contribution in [3.8, 4) is 0 Å². The Morgan fingerprint density at radius 1 is 1.05 bits per heavy atom. The Kier molecular flexibility index (Phi) is 7.88. The number of aryl methyl sites for hydroxylation is 2. The van der Waals surface area contributed by atoms with Crippen LogP contribution in [-0.2, 0) is 31.2 Å². The SMILES string of the molecule is CCc1cc(C2O[C@@H](n3cnc4c(NCc5cccc(I)c5)nc(NCCc5cn(C)cn5)nc43)[C@H](O)[C@@H]2O)on1. The van der Waals surface area contributed by atoms with Crippen LogP contribution in [-0.4, -0.2) is 63.2 Å². The molecule has 0 aliphatic carbocycles. The lowest BCUT2D eigenvalue weighted by atomic mass is 10.1. The maximum Gasteiger partial charge on any atom is 0.226 e. The highest BCUT2D eigenvalue weighted by atomic mass is 127. The number of nitrogens with zero attached hydrogens (tertiary/aromatic N) is 7. The molecule has 0 spiro atoms. The summed E-state index contributed by atoms with van der Waals surface area (Å²) in [6.07, 6.45) is 2.28. The Balaban J connectivity index is 1.30. The molecule has 1 aliphatic heterocycles. The number of hydrogen-bond donors (Lipinski definition) is 4. The van der Waals surface area contributed by atoms with Crippen molar-refractivity contribution in [1.82, 2.24) is 34.2 Å². The lowest BCUT2D eigenvalue weighted by Crippen LogP contribution is -2.29. The summed E-state index contributed by atoms with van der Waals surface area (Å²) in [7, 11) is 1.93. The van der Waals surface area contributed by atoms with Gasteiger partial charge in [-0.05, 0) is 46.7 Å². The molecule has 1 saturated heterocycles. The highest BCUT2D eigenvalue weighted by molar-refractivity contribution is 14.1. The van der Waals surface area contributed by atoms with Crippen molar-refractivity contribution in [1.29, 1.82) is 0 Å². The van der Waals surface area contributed by atoms with Crippen LogP contribution in [0.3, 0.4) is 0 Å². The zero-order chi connectivity index (χ0) is 28.5. The lowest BCUT2D eigenvalue weighted by molar-refractivity contribution is -0.0434. The molecule has 1 aliphatic rings. The molecule has 214 valence electrons. The normalized spacial score (nSPS) is 20.6. The number of ether oxygens (including phenoxy) is 1. The second-order valence-electron chi connectivity index (χ2n) is 9.91. The maximum absolute atomic E-state index is 11.0. The number of benzene rings is 1. The van der Waals surface area contributed by atoms with E-state index in [0.29, 0.717) is 54.6 Å². The zero-order valence-corrected chi connectivity index (χ0v) is 24.6. The predicted molar refractivity (Wildman–Crippen MR) is 158 cm³/mol. The molecule has 0 radical (unpaired) electrons. The van der Waals surface area contributed by atoms with Crippen molar-refractivity contribution in [2.75, 3.05) is 17.2 Å². The quantitative estimate of drug-likeness (QED) is 0.162. The van der Waals surface area contributed by atoms with Gasteiger partial charge in [0, 0.05) is 42.4 Å². The molecule has 6 rings (SSSR count). The van der Waals surface area contributed by atoms with Crippen LogP contribution in [0.25, 0.3) is 11.2 Å². The molecule has 14 heteroatoms. The highest BCUT2D eigenvalue weighted by Crippen LogP contribution is 2.40. The summed E-state index contributed by atoms with van der Waals surface area (Å²) in [4.78, 5) is 18.4. The van der Waals surface area contributed by atoms with Crippen LogP contribution < -0.4 is 10.6 Å². The summed E-state index contributed by atoms with van der Waals surface area (Å²) in [6, 6.07) is 9.90. The average Bonchev–Trinajstić information content (AvgIpc) is 3.75. The van der Waals surface area contributed by atoms with Gasteiger partial charge in [0.05, 0.1) is 24.0 Å². The number of hydrogen-bond acceptors (Lipinski definition) is 11. The monoisotopic (exact) mass is 671 g/mol. The summed E-state index contributed by atoms with van der Waals surface area (Å²) in [5.74, 6) is 1.26. The van der Waals surface area contributed by atoms with E-state index in [1.165, 1.54) is 6.33 Å². The van der Waals surface area contributed by atoms with Crippen molar-refractivity contribution >= 4 is 45.5 Å². The van der Waals surface area contributed by atoms with Gasteiger partial charge in [-0.25, -0.2) is 9.97 Å². The summed E-state index contributed by atoms with van der Waals surface area (Å²) in [6.45, 7) is 3.04. The minimum Gasteiger partial charge on any atom is -0.387 e. The maximum atomic E-state index is 11.0. The molecule has 1 fully saturated rings. The van der Waals surface area contributed by atoms with E-state index in [9.17, 15) is 10.2 Å². The summed E-state index contributed by atoms with van der Waals surface area (Å²) in [5.41, 5.74) is 3.72. The number of nitrogens with one attached hydrogen (secondary N) is 2. The molecular formula is C27H30IN9O4. The van der Waals surface area contributed by atoms with Gasteiger partial charge in [0.25, 0.3) is 0 Å². The average molecular weight is 672 g/mol. The molecule has 41 heavy (non-hydrogen) atoms. The topological polar surface area (TPSA) is 161 Å². The van der Waals surface area contributed by atoms with Gasteiger partial charge in [0.1, 0.15) is 18.3 Å². The number of aliphatic hydroxyl groups is 2. The van der Waals surface area contributed by atoms with Crippen molar-refractivity contribution in [3.63, 3.8) is 0 Å². The predicted octanol–water partition coefficient (Wildman–Crippen LogP) is 2.97. The van der Waals surface area contributed by atoms with Crippen molar-refractivity contribution < 1.29 is 19.5 Å². The minimum absolute atomic E-state index is 0.353. The van der Waals surface area contributed by atoms with E-state index < -0.39 is 24.5 Å². The van der Waals surface area contributed by atoms with E-state index in [0.717, 1.165) is 20.5 Å².